The summed E-state index contributed by atoms with van der Waals surface area (Å²) in [6.07, 6.45) is -0.699. The van der Waals surface area contributed by atoms with Crippen LogP contribution < -0.4 is 20.3 Å². The number of rotatable bonds is 9. The average Bonchev–Trinajstić information content (AvgIpc) is 2.78. The predicted molar refractivity (Wildman–Crippen MR) is 124 cm³/mol. The van der Waals surface area contributed by atoms with Crippen LogP contribution in [-0.2, 0) is 11.3 Å². The zero-order valence-electron chi connectivity index (χ0n) is 18.3. The number of carbonyl (C=O) groups is 1. The number of ether oxygens (including phenoxy) is 2. The summed E-state index contributed by atoms with van der Waals surface area (Å²) in [7, 11) is 0. The van der Waals surface area contributed by atoms with Crippen molar-refractivity contribution >= 4 is 17.5 Å². The zero-order valence-corrected chi connectivity index (χ0v) is 19.1. The minimum absolute atomic E-state index is 0.238. The van der Waals surface area contributed by atoms with Crippen molar-refractivity contribution in [2.75, 3.05) is 13.2 Å². The minimum atomic E-state index is -0.699. The number of nitrogens with one attached hydrogen (secondary N) is 1. The molecule has 1 aromatic heterocycles. The van der Waals surface area contributed by atoms with Crippen LogP contribution in [0.1, 0.15) is 19.4 Å². The number of aryl methyl sites for hydroxylation is 1. The molecule has 1 N–H and O–H groups in total. The maximum atomic E-state index is 12.4. The summed E-state index contributed by atoms with van der Waals surface area (Å²) in [5, 5.41) is 7.83. The van der Waals surface area contributed by atoms with Gasteiger partial charge in [-0.05, 0) is 74.9 Å². The SMILES string of the molecule is CCOc1ccc(-c2ccc(=O)n(CCNC(=O)C(C)Oc3ccc(Cl)c(C)c3)n2)cc1. The van der Waals surface area contributed by atoms with Gasteiger partial charge < -0.3 is 14.8 Å². The molecule has 8 heteroatoms. The number of aromatic nitrogens is 2. The normalized spacial score (nSPS) is 11.6. The number of hydrogen-bond donors (Lipinski definition) is 1. The second kappa shape index (κ2) is 10.8. The topological polar surface area (TPSA) is 82.5 Å². The van der Waals surface area contributed by atoms with E-state index in [0.29, 0.717) is 23.1 Å². The highest BCUT2D eigenvalue weighted by Gasteiger charge is 2.15. The quantitative estimate of drug-likeness (QED) is 0.530. The van der Waals surface area contributed by atoms with Crippen LogP contribution in [0.15, 0.2) is 59.4 Å². The van der Waals surface area contributed by atoms with Crippen LogP contribution in [0.5, 0.6) is 11.5 Å². The first-order chi connectivity index (χ1) is 15.4. The van der Waals surface area contributed by atoms with Gasteiger partial charge in [0.2, 0.25) is 0 Å². The van der Waals surface area contributed by atoms with Gasteiger partial charge in [-0.3, -0.25) is 9.59 Å². The second-order valence-corrected chi connectivity index (χ2v) is 7.61. The molecule has 0 saturated carbocycles. The van der Waals surface area contributed by atoms with Crippen molar-refractivity contribution in [2.24, 2.45) is 0 Å². The highest BCUT2D eigenvalue weighted by atomic mass is 35.5. The van der Waals surface area contributed by atoms with Crippen LogP contribution in [0.25, 0.3) is 11.3 Å². The molecule has 0 bridgehead atoms. The fraction of sp³-hybridized carbons (Fsp3) is 0.292. The summed E-state index contributed by atoms with van der Waals surface area (Å²) < 4.78 is 12.5. The molecule has 0 fully saturated rings. The zero-order chi connectivity index (χ0) is 23.1. The van der Waals surface area contributed by atoms with Gasteiger partial charge in [-0.2, -0.15) is 5.10 Å². The number of hydrogen-bond acceptors (Lipinski definition) is 5. The van der Waals surface area contributed by atoms with Crippen LogP contribution in [0.3, 0.4) is 0 Å². The first kappa shape index (κ1) is 23.3. The summed E-state index contributed by atoms with van der Waals surface area (Å²) in [6.45, 7) is 6.53. The standard InChI is InChI=1S/C24H26ClN3O4/c1-4-31-19-7-5-18(6-8-19)22-11-12-23(29)28(27-22)14-13-26-24(30)17(3)32-20-9-10-21(25)16(2)15-20/h5-12,15,17H,4,13-14H2,1-3H3,(H,26,30). The largest absolute Gasteiger partial charge is 0.494 e. The fourth-order valence-electron chi connectivity index (χ4n) is 3.03. The molecule has 0 saturated heterocycles. The molecule has 2 aromatic carbocycles. The van der Waals surface area contributed by atoms with Gasteiger partial charge >= 0.3 is 0 Å². The third kappa shape index (κ3) is 6.11. The summed E-state index contributed by atoms with van der Waals surface area (Å²) >= 11 is 6.01. The van der Waals surface area contributed by atoms with Gasteiger partial charge in [0.15, 0.2) is 6.10 Å². The predicted octanol–water partition coefficient (Wildman–Crippen LogP) is 3.85. The van der Waals surface area contributed by atoms with Gasteiger partial charge in [-0.15, -0.1) is 0 Å². The van der Waals surface area contributed by atoms with E-state index < -0.39 is 6.10 Å². The second-order valence-electron chi connectivity index (χ2n) is 7.20. The molecule has 0 spiro atoms. The molecule has 3 rings (SSSR count). The van der Waals surface area contributed by atoms with Crippen LogP contribution in [0, 0.1) is 6.92 Å². The van der Waals surface area contributed by atoms with E-state index in [1.54, 1.807) is 31.2 Å². The Labute approximate surface area is 191 Å². The molecule has 168 valence electrons. The van der Waals surface area contributed by atoms with Crippen molar-refractivity contribution in [3.63, 3.8) is 0 Å². The minimum Gasteiger partial charge on any atom is -0.494 e. The van der Waals surface area contributed by atoms with Gasteiger partial charge in [0.05, 0.1) is 18.8 Å². The third-order valence-electron chi connectivity index (χ3n) is 4.76. The lowest BCUT2D eigenvalue weighted by Gasteiger charge is -2.15. The van der Waals surface area contributed by atoms with Crippen molar-refractivity contribution in [2.45, 2.75) is 33.4 Å². The summed E-state index contributed by atoms with van der Waals surface area (Å²) in [4.78, 5) is 24.6. The highest BCUT2D eigenvalue weighted by Crippen LogP contribution is 2.22. The van der Waals surface area contributed by atoms with Crippen molar-refractivity contribution in [3.05, 3.63) is 75.5 Å². The molecule has 1 atom stereocenters. The van der Waals surface area contributed by atoms with Crippen molar-refractivity contribution in [3.8, 4) is 22.8 Å². The van der Waals surface area contributed by atoms with Gasteiger partial charge in [-0.1, -0.05) is 11.6 Å². The molecule has 0 aliphatic rings. The fourth-order valence-corrected chi connectivity index (χ4v) is 3.15. The Hall–Kier alpha value is -3.32. The number of benzene rings is 2. The Morgan fingerprint density at radius 3 is 2.53 bits per heavy atom. The maximum absolute atomic E-state index is 12.4. The molecule has 7 nitrogen and oxygen atoms in total. The van der Waals surface area contributed by atoms with E-state index in [-0.39, 0.29) is 24.6 Å². The lowest BCUT2D eigenvalue weighted by Crippen LogP contribution is -2.39. The average molecular weight is 456 g/mol. The molecule has 3 aromatic rings. The smallest absolute Gasteiger partial charge is 0.266 e. The maximum Gasteiger partial charge on any atom is 0.266 e. The third-order valence-corrected chi connectivity index (χ3v) is 5.19. The summed E-state index contributed by atoms with van der Waals surface area (Å²) in [5.74, 6) is 1.06. The molecular weight excluding hydrogens is 430 g/mol. The lowest BCUT2D eigenvalue weighted by molar-refractivity contribution is -0.127. The number of carbonyl (C=O) groups excluding carboxylic acids is 1. The molecule has 0 aliphatic carbocycles. The number of nitrogens with zero attached hydrogens (tertiary/aromatic N) is 2. The van der Waals surface area contributed by atoms with Gasteiger partial charge in [0, 0.05) is 23.2 Å². The van der Waals surface area contributed by atoms with Crippen LogP contribution in [-0.4, -0.2) is 34.9 Å². The number of halogens is 1. The number of amides is 1. The van der Waals surface area contributed by atoms with Crippen molar-refractivity contribution in [1.29, 1.82) is 0 Å². The monoisotopic (exact) mass is 455 g/mol. The van der Waals surface area contributed by atoms with Gasteiger partial charge in [-0.25, -0.2) is 4.68 Å². The van der Waals surface area contributed by atoms with Gasteiger partial charge in [0.25, 0.3) is 11.5 Å². The molecule has 0 aliphatic heterocycles. The van der Waals surface area contributed by atoms with Crippen molar-refractivity contribution in [1.82, 2.24) is 15.1 Å². The molecular formula is C24H26ClN3O4. The van der Waals surface area contributed by atoms with Crippen LogP contribution >= 0.6 is 11.6 Å². The Balaban J connectivity index is 1.57. The Kier molecular flexibility index (Phi) is 7.89. The first-order valence-electron chi connectivity index (χ1n) is 10.4. The van der Waals surface area contributed by atoms with Crippen LogP contribution in [0.2, 0.25) is 5.02 Å². The molecule has 32 heavy (non-hydrogen) atoms. The van der Waals surface area contributed by atoms with E-state index in [9.17, 15) is 9.59 Å². The van der Waals surface area contributed by atoms with Crippen LogP contribution in [0.4, 0.5) is 0 Å². The van der Waals surface area contributed by atoms with E-state index in [2.05, 4.69) is 10.4 Å². The van der Waals surface area contributed by atoms with Crippen molar-refractivity contribution < 1.29 is 14.3 Å². The Bertz CT molecular complexity index is 1130. The summed E-state index contributed by atoms with van der Waals surface area (Å²) in [6, 6.07) is 15.9. The molecule has 1 unspecified atom stereocenters. The Morgan fingerprint density at radius 2 is 1.84 bits per heavy atom. The Morgan fingerprint density at radius 1 is 1.12 bits per heavy atom. The highest BCUT2D eigenvalue weighted by molar-refractivity contribution is 6.31. The molecule has 0 radical (unpaired) electrons. The lowest BCUT2D eigenvalue weighted by atomic mass is 10.1. The summed E-state index contributed by atoms with van der Waals surface area (Å²) in [5.41, 5.74) is 2.16. The van der Waals surface area contributed by atoms with E-state index in [1.807, 2.05) is 38.1 Å². The first-order valence-corrected chi connectivity index (χ1v) is 10.8. The van der Waals surface area contributed by atoms with E-state index in [0.717, 1.165) is 16.9 Å². The molecule has 1 heterocycles. The van der Waals surface area contributed by atoms with E-state index in [1.165, 1.54) is 10.7 Å². The van der Waals surface area contributed by atoms with E-state index in [4.69, 9.17) is 21.1 Å². The molecule has 1 amide bonds. The van der Waals surface area contributed by atoms with E-state index >= 15 is 0 Å². The van der Waals surface area contributed by atoms with Gasteiger partial charge in [0.1, 0.15) is 11.5 Å².